The first-order valence-corrected chi connectivity index (χ1v) is 6.26. The van der Waals surface area contributed by atoms with Gasteiger partial charge in [-0.1, -0.05) is 42.1 Å². The Balaban J connectivity index is 1.71. The summed E-state index contributed by atoms with van der Waals surface area (Å²) in [6.07, 6.45) is 3.41. The van der Waals surface area contributed by atoms with Crippen LogP contribution in [0.5, 0.6) is 0 Å². The first-order valence-electron chi connectivity index (χ1n) is 5.27. The number of hydrogen-bond acceptors (Lipinski definition) is 3. The van der Waals surface area contributed by atoms with Crippen molar-refractivity contribution in [3.8, 4) is 0 Å². The van der Waals surface area contributed by atoms with Crippen molar-refractivity contribution in [1.82, 2.24) is 15.3 Å². The first-order chi connectivity index (χ1) is 8.34. The van der Waals surface area contributed by atoms with Crippen molar-refractivity contribution in [3.63, 3.8) is 0 Å². The molecule has 0 aliphatic rings. The van der Waals surface area contributed by atoms with Crippen LogP contribution in [0.25, 0.3) is 0 Å². The van der Waals surface area contributed by atoms with Crippen molar-refractivity contribution in [2.45, 2.75) is 11.7 Å². The molecule has 2 rings (SSSR count). The van der Waals surface area contributed by atoms with E-state index in [2.05, 4.69) is 15.3 Å². The number of H-pyrrole nitrogens is 1. The van der Waals surface area contributed by atoms with Crippen LogP contribution in [-0.4, -0.2) is 21.6 Å². The number of imidazole rings is 1. The zero-order valence-corrected chi connectivity index (χ0v) is 10.0. The van der Waals surface area contributed by atoms with E-state index in [4.69, 9.17) is 0 Å². The van der Waals surface area contributed by atoms with Gasteiger partial charge in [0.2, 0.25) is 5.91 Å². The molecular formula is C12H13N3OS. The highest BCUT2D eigenvalue weighted by molar-refractivity contribution is 7.99. The van der Waals surface area contributed by atoms with Crippen LogP contribution in [0, 0.1) is 0 Å². The zero-order chi connectivity index (χ0) is 11.9. The molecule has 0 saturated heterocycles. The van der Waals surface area contributed by atoms with Crippen molar-refractivity contribution < 1.29 is 4.79 Å². The van der Waals surface area contributed by atoms with Gasteiger partial charge in [0.1, 0.15) is 0 Å². The molecule has 1 heterocycles. The van der Waals surface area contributed by atoms with Crippen LogP contribution in [0.1, 0.15) is 5.56 Å². The molecule has 17 heavy (non-hydrogen) atoms. The fourth-order valence-electron chi connectivity index (χ4n) is 1.31. The van der Waals surface area contributed by atoms with Crippen molar-refractivity contribution in [3.05, 3.63) is 48.3 Å². The Bertz CT molecular complexity index is 456. The van der Waals surface area contributed by atoms with Gasteiger partial charge in [0, 0.05) is 18.9 Å². The summed E-state index contributed by atoms with van der Waals surface area (Å²) >= 11 is 1.39. The summed E-state index contributed by atoms with van der Waals surface area (Å²) in [5.41, 5.74) is 1.10. The molecule has 0 saturated carbocycles. The van der Waals surface area contributed by atoms with Crippen LogP contribution >= 0.6 is 11.8 Å². The number of thioether (sulfide) groups is 1. The number of hydrogen-bond donors (Lipinski definition) is 2. The van der Waals surface area contributed by atoms with Gasteiger partial charge in [0.25, 0.3) is 0 Å². The Labute approximate surface area is 104 Å². The molecule has 0 radical (unpaired) electrons. The third-order valence-corrected chi connectivity index (χ3v) is 3.05. The highest BCUT2D eigenvalue weighted by atomic mass is 32.2. The molecule has 0 spiro atoms. The summed E-state index contributed by atoms with van der Waals surface area (Å²) in [5, 5.41) is 3.62. The van der Waals surface area contributed by atoms with E-state index in [1.807, 2.05) is 30.3 Å². The molecule has 1 aromatic heterocycles. The Hall–Kier alpha value is -1.75. The number of aromatic amines is 1. The van der Waals surface area contributed by atoms with Crippen LogP contribution < -0.4 is 5.32 Å². The second kappa shape index (κ2) is 6.10. The van der Waals surface area contributed by atoms with E-state index < -0.39 is 0 Å². The number of amides is 1. The lowest BCUT2D eigenvalue weighted by molar-refractivity contribution is -0.118. The molecule has 0 unspecified atom stereocenters. The maximum absolute atomic E-state index is 11.5. The van der Waals surface area contributed by atoms with E-state index >= 15 is 0 Å². The number of aromatic nitrogens is 2. The smallest absolute Gasteiger partial charge is 0.230 e. The lowest BCUT2D eigenvalue weighted by Gasteiger charge is -2.04. The number of nitrogens with one attached hydrogen (secondary N) is 2. The second-order valence-corrected chi connectivity index (χ2v) is 4.41. The Morgan fingerprint density at radius 1 is 1.35 bits per heavy atom. The van der Waals surface area contributed by atoms with E-state index in [0.717, 1.165) is 10.7 Å². The number of carbonyl (C=O) groups is 1. The SMILES string of the molecule is O=C(CSc1ncc[nH]1)NCc1ccccc1. The van der Waals surface area contributed by atoms with E-state index in [1.54, 1.807) is 12.4 Å². The van der Waals surface area contributed by atoms with Crippen molar-refractivity contribution >= 4 is 17.7 Å². The van der Waals surface area contributed by atoms with Gasteiger partial charge in [0.05, 0.1) is 5.75 Å². The summed E-state index contributed by atoms with van der Waals surface area (Å²) in [4.78, 5) is 18.5. The molecule has 5 heteroatoms. The van der Waals surface area contributed by atoms with Gasteiger partial charge in [-0.2, -0.15) is 0 Å². The van der Waals surface area contributed by atoms with Crippen LogP contribution in [0.2, 0.25) is 0 Å². The summed E-state index contributed by atoms with van der Waals surface area (Å²) in [6, 6.07) is 9.84. The molecule has 88 valence electrons. The molecule has 0 aliphatic carbocycles. The average Bonchev–Trinajstić information content (AvgIpc) is 2.88. The normalized spacial score (nSPS) is 10.1. The van der Waals surface area contributed by atoms with Crippen molar-refractivity contribution in [1.29, 1.82) is 0 Å². The molecule has 0 fully saturated rings. The number of rotatable bonds is 5. The molecule has 2 aromatic rings. The maximum atomic E-state index is 11.5. The number of nitrogens with zero attached hydrogens (tertiary/aromatic N) is 1. The quantitative estimate of drug-likeness (QED) is 0.792. The first kappa shape index (κ1) is 11.7. The minimum atomic E-state index is 0.00949. The highest BCUT2D eigenvalue weighted by Gasteiger charge is 2.03. The third kappa shape index (κ3) is 3.96. The third-order valence-electron chi connectivity index (χ3n) is 2.15. The lowest BCUT2D eigenvalue weighted by atomic mass is 10.2. The van der Waals surface area contributed by atoms with E-state index in [9.17, 15) is 4.79 Å². The van der Waals surface area contributed by atoms with Crippen LogP contribution in [0.4, 0.5) is 0 Å². The Morgan fingerprint density at radius 3 is 2.88 bits per heavy atom. The molecular weight excluding hydrogens is 234 g/mol. The average molecular weight is 247 g/mol. The van der Waals surface area contributed by atoms with Crippen molar-refractivity contribution in [2.75, 3.05) is 5.75 Å². The topological polar surface area (TPSA) is 57.8 Å². The van der Waals surface area contributed by atoms with Crippen LogP contribution in [0.3, 0.4) is 0 Å². The molecule has 0 aliphatic heterocycles. The highest BCUT2D eigenvalue weighted by Crippen LogP contribution is 2.10. The molecule has 4 nitrogen and oxygen atoms in total. The van der Waals surface area contributed by atoms with Crippen LogP contribution in [-0.2, 0) is 11.3 Å². The largest absolute Gasteiger partial charge is 0.351 e. The molecule has 2 N–H and O–H groups in total. The maximum Gasteiger partial charge on any atom is 0.230 e. The molecule has 1 aromatic carbocycles. The minimum Gasteiger partial charge on any atom is -0.351 e. The van der Waals surface area contributed by atoms with Gasteiger partial charge in [-0.3, -0.25) is 4.79 Å². The predicted octanol–water partition coefficient (Wildman–Crippen LogP) is 1.82. The molecule has 0 atom stereocenters. The zero-order valence-electron chi connectivity index (χ0n) is 9.22. The van der Waals surface area contributed by atoms with Crippen LogP contribution in [0.15, 0.2) is 47.9 Å². The lowest BCUT2D eigenvalue weighted by Crippen LogP contribution is -2.24. The fraction of sp³-hybridized carbons (Fsp3) is 0.167. The summed E-state index contributed by atoms with van der Waals surface area (Å²) in [6.45, 7) is 0.568. The monoisotopic (exact) mass is 247 g/mol. The Morgan fingerprint density at radius 2 is 2.18 bits per heavy atom. The van der Waals surface area contributed by atoms with E-state index in [1.165, 1.54) is 11.8 Å². The van der Waals surface area contributed by atoms with Gasteiger partial charge >= 0.3 is 0 Å². The Kier molecular flexibility index (Phi) is 4.21. The van der Waals surface area contributed by atoms with E-state index in [0.29, 0.717) is 12.3 Å². The van der Waals surface area contributed by atoms with Gasteiger partial charge < -0.3 is 10.3 Å². The summed E-state index contributed by atoms with van der Waals surface area (Å²) in [5.74, 6) is 0.385. The van der Waals surface area contributed by atoms with Gasteiger partial charge in [-0.15, -0.1) is 0 Å². The van der Waals surface area contributed by atoms with E-state index in [-0.39, 0.29) is 5.91 Å². The van der Waals surface area contributed by atoms with Gasteiger partial charge in [-0.05, 0) is 5.56 Å². The van der Waals surface area contributed by atoms with Crippen molar-refractivity contribution in [2.24, 2.45) is 0 Å². The minimum absolute atomic E-state index is 0.00949. The summed E-state index contributed by atoms with van der Waals surface area (Å²) < 4.78 is 0. The van der Waals surface area contributed by atoms with Gasteiger partial charge in [0.15, 0.2) is 5.16 Å². The number of benzene rings is 1. The predicted molar refractivity (Wildman–Crippen MR) is 67.6 cm³/mol. The summed E-state index contributed by atoms with van der Waals surface area (Å²) in [7, 11) is 0. The number of carbonyl (C=O) groups excluding carboxylic acids is 1. The van der Waals surface area contributed by atoms with Gasteiger partial charge in [-0.25, -0.2) is 4.98 Å². The second-order valence-electron chi connectivity index (χ2n) is 3.45. The molecule has 1 amide bonds. The molecule has 0 bridgehead atoms. The fourth-order valence-corrected chi connectivity index (χ4v) is 1.97. The standard InChI is InChI=1S/C12H13N3OS/c16-11(9-17-12-13-6-7-14-12)15-8-10-4-2-1-3-5-10/h1-7H,8-9H2,(H,13,14)(H,15,16).